The van der Waals surface area contributed by atoms with Gasteiger partial charge in [-0.15, -0.1) is 11.3 Å². The minimum Gasteiger partial charge on any atom is -0.324 e. The van der Waals surface area contributed by atoms with Gasteiger partial charge in [0.15, 0.2) is 0 Å². The number of fused-ring (bicyclic) bond motifs is 1. The van der Waals surface area contributed by atoms with Crippen molar-refractivity contribution in [3.05, 3.63) is 96.8 Å². The van der Waals surface area contributed by atoms with E-state index in [4.69, 9.17) is 0 Å². The van der Waals surface area contributed by atoms with Gasteiger partial charge in [0.05, 0.1) is 10.9 Å². The number of nitrogens with zero attached hydrogens (tertiary/aromatic N) is 2. The first-order chi connectivity index (χ1) is 15.0. The second-order valence-corrected chi connectivity index (χ2v) is 8.52. The third kappa shape index (κ3) is 4.22. The molecule has 0 aliphatic heterocycles. The Balaban J connectivity index is 1.71. The monoisotopic (exact) mass is 433 g/mol. The molecule has 2 aromatic carbocycles. The third-order valence-corrected chi connectivity index (χ3v) is 6.28. The van der Waals surface area contributed by atoms with E-state index in [1.54, 1.807) is 35.6 Å². The van der Waals surface area contributed by atoms with E-state index in [1.165, 1.54) is 9.13 Å². The number of aromatic nitrogens is 2. The number of rotatable bonds is 6. The molecule has 7 heteroatoms. The van der Waals surface area contributed by atoms with Gasteiger partial charge in [-0.3, -0.25) is 18.7 Å². The summed E-state index contributed by atoms with van der Waals surface area (Å²) in [6, 6.07) is 16.6. The highest BCUT2D eigenvalue weighted by atomic mass is 32.1. The lowest BCUT2D eigenvalue weighted by atomic mass is 10.1. The van der Waals surface area contributed by atoms with Crippen LogP contribution in [0.15, 0.2) is 69.6 Å². The number of hydrogen-bond acceptors (Lipinski definition) is 4. The molecule has 0 spiro atoms. The van der Waals surface area contributed by atoms with Gasteiger partial charge in [-0.05, 0) is 55.0 Å². The lowest BCUT2D eigenvalue weighted by Gasteiger charge is -2.15. The van der Waals surface area contributed by atoms with Crippen molar-refractivity contribution in [1.82, 2.24) is 9.13 Å². The van der Waals surface area contributed by atoms with E-state index in [0.717, 1.165) is 21.7 Å². The molecule has 2 aromatic heterocycles. The van der Waals surface area contributed by atoms with E-state index in [2.05, 4.69) is 5.32 Å². The van der Waals surface area contributed by atoms with Gasteiger partial charge < -0.3 is 5.32 Å². The topological polar surface area (TPSA) is 73.1 Å². The van der Waals surface area contributed by atoms with E-state index in [1.807, 2.05) is 49.6 Å². The molecule has 4 rings (SSSR count). The van der Waals surface area contributed by atoms with Crippen LogP contribution in [0.2, 0.25) is 0 Å². The van der Waals surface area contributed by atoms with Crippen molar-refractivity contribution in [1.29, 1.82) is 0 Å². The van der Waals surface area contributed by atoms with Crippen LogP contribution in [0, 0.1) is 13.8 Å². The first-order valence-electron chi connectivity index (χ1n) is 10.1. The molecule has 0 radical (unpaired) electrons. The van der Waals surface area contributed by atoms with Crippen LogP contribution in [0.5, 0.6) is 0 Å². The molecule has 0 aliphatic carbocycles. The van der Waals surface area contributed by atoms with Crippen LogP contribution in [0.4, 0.5) is 5.69 Å². The van der Waals surface area contributed by atoms with Crippen molar-refractivity contribution in [3.8, 4) is 0 Å². The first kappa shape index (κ1) is 20.8. The summed E-state index contributed by atoms with van der Waals surface area (Å²) in [6.45, 7) is 3.94. The molecule has 0 fully saturated rings. The van der Waals surface area contributed by atoms with Gasteiger partial charge in [-0.1, -0.05) is 36.4 Å². The second-order valence-electron chi connectivity index (χ2n) is 7.49. The molecule has 158 valence electrons. The molecule has 0 saturated carbocycles. The maximum atomic E-state index is 13.2. The van der Waals surface area contributed by atoms with Crippen LogP contribution in [-0.4, -0.2) is 15.0 Å². The summed E-state index contributed by atoms with van der Waals surface area (Å²) in [5.41, 5.74) is 2.30. The number of carbonyl (C=O) groups is 1. The van der Waals surface area contributed by atoms with Crippen molar-refractivity contribution < 1.29 is 4.79 Å². The van der Waals surface area contributed by atoms with Crippen LogP contribution >= 0.6 is 11.3 Å². The molecule has 4 aromatic rings. The fourth-order valence-corrected chi connectivity index (χ4v) is 4.43. The Labute approximate surface area is 183 Å². The number of aryl methyl sites for hydroxylation is 3. The lowest BCUT2D eigenvalue weighted by Crippen LogP contribution is -2.42. The second kappa shape index (κ2) is 8.73. The van der Waals surface area contributed by atoms with Crippen LogP contribution in [-0.2, 0) is 24.3 Å². The number of nitrogens with one attached hydrogen (secondary N) is 1. The van der Waals surface area contributed by atoms with E-state index >= 15 is 0 Å². The highest BCUT2D eigenvalue weighted by molar-refractivity contribution is 7.09. The zero-order valence-corrected chi connectivity index (χ0v) is 18.2. The molecule has 2 heterocycles. The van der Waals surface area contributed by atoms with Crippen molar-refractivity contribution >= 4 is 33.8 Å². The predicted molar refractivity (Wildman–Crippen MR) is 125 cm³/mol. The SMILES string of the molecule is Cc1cccc(C)c1NC(=O)Cn1c(=O)n(CCc2cccs2)c(=O)c2ccccc21. The lowest BCUT2D eigenvalue weighted by molar-refractivity contribution is -0.116. The highest BCUT2D eigenvalue weighted by Gasteiger charge is 2.16. The third-order valence-electron chi connectivity index (χ3n) is 5.34. The van der Waals surface area contributed by atoms with Gasteiger partial charge in [-0.25, -0.2) is 4.79 Å². The predicted octanol–water partition coefficient (Wildman–Crippen LogP) is 3.72. The number of thiophene rings is 1. The first-order valence-corrected chi connectivity index (χ1v) is 10.9. The minimum absolute atomic E-state index is 0.174. The number of amides is 1. The fraction of sp³-hybridized carbons (Fsp3) is 0.208. The Bertz CT molecular complexity index is 1350. The number of carbonyl (C=O) groups excluding carboxylic acids is 1. The summed E-state index contributed by atoms with van der Waals surface area (Å²) in [5, 5.41) is 5.31. The standard InChI is InChI=1S/C24H23N3O3S/c1-16-7-5-8-17(2)22(16)25-21(28)15-27-20-11-4-3-10-19(20)23(29)26(24(27)30)13-12-18-9-6-14-31-18/h3-11,14H,12-13,15H2,1-2H3,(H,25,28). The van der Waals surface area contributed by atoms with Gasteiger partial charge in [-0.2, -0.15) is 0 Å². The number of hydrogen-bond donors (Lipinski definition) is 1. The van der Waals surface area contributed by atoms with E-state index < -0.39 is 5.69 Å². The van der Waals surface area contributed by atoms with E-state index in [9.17, 15) is 14.4 Å². The summed E-state index contributed by atoms with van der Waals surface area (Å²) in [5.74, 6) is -0.312. The Morgan fingerprint density at radius 3 is 2.39 bits per heavy atom. The Morgan fingerprint density at radius 2 is 1.68 bits per heavy atom. The number of para-hydroxylation sites is 2. The van der Waals surface area contributed by atoms with Gasteiger partial charge in [0, 0.05) is 17.1 Å². The van der Waals surface area contributed by atoms with Gasteiger partial charge >= 0.3 is 5.69 Å². The van der Waals surface area contributed by atoms with Crippen molar-refractivity contribution in [2.45, 2.75) is 33.4 Å². The van der Waals surface area contributed by atoms with Crippen molar-refractivity contribution in [2.75, 3.05) is 5.32 Å². The molecule has 0 atom stereocenters. The van der Waals surface area contributed by atoms with Crippen LogP contribution in [0.25, 0.3) is 10.9 Å². The average Bonchev–Trinajstić information content (AvgIpc) is 3.27. The van der Waals surface area contributed by atoms with Crippen LogP contribution in [0.3, 0.4) is 0 Å². The summed E-state index contributed by atoms with van der Waals surface area (Å²) >= 11 is 1.59. The summed E-state index contributed by atoms with van der Waals surface area (Å²) in [4.78, 5) is 40.2. The van der Waals surface area contributed by atoms with Gasteiger partial charge in [0.2, 0.25) is 5.91 Å². The molecular formula is C24H23N3O3S. The fourth-order valence-electron chi connectivity index (χ4n) is 3.73. The van der Waals surface area contributed by atoms with E-state index in [0.29, 0.717) is 17.3 Å². The van der Waals surface area contributed by atoms with Gasteiger partial charge in [0.25, 0.3) is 5.56 Å². The maximum Gasteiger partial charge on any atom is 0.331 e. The Morgan fingerprint density at radius 1 is 0.935 bits per heavy atom. The Hall–Kier alpha value is -3.45. The number of anilines is 1. The Kier molecular flexibility index (Phi) is 5.86. The largest absolute Gasteiger partial charge is 0.331 e. The average molecular weight is 434 g/mol. The molecule has 0 saturated heterocycles. The highest BCUT2D eigenvalue weighted by Crippen LogP contribution is 2.19. The molecule has 0 unspecified atom stereocenters. The smallest absolute Gasteiger partial charge is 0.324 e. The zero-order valence-electron chi connectivity index (χ0n) is 17.4. The van der Waals surface area contributed by atoms with Crippen LogP contribution < -0.4 is 16.6 Å². The summed E-state index contributed by atoms with van der Waals surface area (Å²) in [7, 11) is 0. The van der Waals surface area contributed by atoms with Crippen molar-refractivity contribution in [3.63, 3.8) is 0 Å². The maximum absolute atomic E-state index is 13.2. The minimum atomic E-state index is -0.475. The molecule has 0 aliphatic rings. The van der Waals surface area contributed by atoms with E-state index in [-0.39, 0.29) is 24.6 Å². The summed E-state index contributed by atoms with van der Waals surface area (Å²) in [6.07, 6.45) is 0.583. The van der Waals surface area contributed by atoms with Crippen LogP contribution in [0.1, 0.15) is 16.0 Å². The quantitative estimate of drug-likeness (QED) is 0.504. The molecule has 0 bridgehead atoms. The van der Waals surface area contributed by atoms with Crippen molar-refractivity contribution in [2.24, 2.45) is 0 Å². The van der Waals surface area contributed by atoms with Gasteiger partial charge in [0.1, 0.15) is 6.54 Å². The molecule has 6 nitrogen and oxygen atoms in total. The summed E-state index contributed by atoms with van der Waals surface area (Å²) < 4.78 is 2.61. The molecule has 1 N–H and O–H groups in total. The normalized spacial score (nSPS) is 11.0. The number of benzene rings is 2. The zero-order chi connectivity index (χ0) is 22.0. The molecule has 31 heavy (non-hydrogen) atoms. The molecule has 1 amide bonds. The molecular weight excluding hydrogens is 410 g/mol.